The summed E-state index contributed by atoms with van der Waals surface area (Å²) in [5.74, 6) is 0.451. The summed E-state index contributed by atoms with van der Waals surface area (Å²) in [6, 6.07) is 7.72. The molecule has 2 nitrogen and oxygen atoms in total. The third kappa shape index (κ3) is 1.32. The van der Waals surface area contributed by atoms with Crippen LogP contribution in [0.3, 0.4) is 0 Å². The smallest absolute Gasteiger partial charge is 0.169 e. The SMILES string of the molecule is CCC1CNc2ccccc2C1=O. The molecule has 13 heavy (non-hydrogen) atoms. The summed E-state index contributed by atoms with van der Waals surface area (Å²) in [6.07, 6.45) is 0.917. The highest BCUT2D eigenvalue weighted by Crippen LogP contribution is 2.25. The van der Waals surface area contributed by atoms with Crippen LogP contribution in [0.1, 0.15) is 23.7 Å². The Morgan fingerprint density at radius 3 is 3.00 bits per heavy atom. The number of carbonyl (C=O) groups is 1. The molecule has 0 amide bonds. The molecule has 1 N–H and O–H groups in total. The second kappa shape index (κ2) is 3.21. The maximum Gasteiger partial charge on any atom is 0.169 e. The highest BCUT2D eigenvalue weighted by Gasteiger charge is 2.24. The van der Waals surface area contributed by atoms with Crippen molar-refractivity contribution in [2.24, 2.45) is 5.92 Å². The van der Waals surface area contributed by atoms with Crippen LogP contribution in [0.25, 0.3) is 0 Å². The molecule has 1 unspecified atom stereocenters. The number of para-hydroxylation sites is 1. The fourth-order valence-electron chi connectivity index (χ4n) is 1.73. The van der Waals surface area contributed by atoms with E-state index < -0.39 is 0 Å². The first-order valence-electron chi connectivity index (χ1n) is 4.70. The number of anilines is 1. The molecule has 0 bridgehead atoms. The van der Waals surface area contributed by atoms with Gasteiger partial charge in [0, 0.05) is 23.7 Å². The first-order chi connectivity index (χ1) is 6.33. The van der Waals surface area contributed by atoms with Crippen LogP contribution in [-0.2, 0) is 0 Å². The molecule has 0 fully saturated rings. The Morgan fingerprint density at radius 2 is 2.23 bits per heavy atom. The first-order valence-corrected chi connectivity index (χ1v) is 4.70. The number of hydrogen-bond donors (Lipinski definition) is 1. The van der Waals surface area contributed by atoms with E-state index in [1.54, 1.807) is 0 Å². The maximum absolute atomic E-state index is 11.8. The second-order valence-corrected chi connectivity index (χ2v) is 3.40. The second-order valence-electron chi connectivity index (χ2n) is 3.40. The normalized spacial score (nSPS) is 20.7. The van der Waals surface area contributed by atoms with Gasteiger partial charge in [-0.05, 0) is 18.6 Å². The van der Waals surface area contributed by atoms with E-state index in [1.807, 2.05) is 24.3 Å². The molecule has 1 atom stereocenters. The van der Waals surface area contributed by atoms with E-state index in [1.165, 1.54) is 0 Å². The molecule has 2 rings (SSSR count). The van der Waals surface area contributed by atoms with E-state index >= 15 is 0 Å². The quantitative estimate of drug-likeness (QED) is 0.709. The minimum atomic E-state index is 0.162. The van der Waals surface area contributed by atoms with E-state index in [9.17, 15) is 4.79 Å². The molecule has 0 aromatic heterocycles. The van der Waals surface area contributed by atoms with E-state index in [0.29, 0.717) is 0 Å². The zero-order chi connectivity index (χ0) is 9.26. The van der Waals surface area contributed by atoms with Crippen molar-refractivity contribution in [1.29, 1.82) is 0 Å². The van der Waals surface area contributed by atoms with Gasteiger partial charge in [-0.3, -0.25) is 4.79 Å². The van der Waals surface area contributed by atoms with E-state index in [0.717, 1.165) is 24.2 Å². The predicted molar refractivity (Wildman–Crippen MR) is 53.0 cm³/mol. The maximum atomic E-state index is 11.8. The molecule has 2 heteroatoms. The Morgan fingerprint density at radius 1 is 1.46 bits per heavy atom. The highest BCUT2D eigenvalue weighted by atomic mass is 16.1. The first kappa shape index (κ1) is 8.30. The zero-order valence-electron chi connectivity index (χ0n) is 7.71. The number of carbonyl (C=O) groups excluding carboxylic acids is 1. The van der Waals surface area contributed by atoms with Gasteiger partial charge in [-0.25, -0.2) is 0 Å². The van der Waals surface area contributed by atoms with Crippen molar-refractivity contribution in [1.82, 2.24) is 0 Å². The van der Waals surface area contributed by atoms with Crippen molar-refractivity contribution in [2.45, 2.75) is 13.3 Å². The summed E-state index contributed by atoms with van der Waals surface area (Å²) in [4.78, 5) is 11.8. The van der Waals surface area contributed by atoms with Crippen LogP contribution in [-0.4, -0.2) is 12.3 Å². The van der Waals surface area contributed by atoms with E-state index in [2.05, 4.69) is 12.2 Å². The third-order valence-electron chi connectivity index (χ3n) is 2.60. The molecule has 1 aromatic carbocycles. The van der Waals surface area contributed by atoms with Gasteiger partial charge >= 0.3 is 0 Å². The van der Waals surface area contributed by atoms with Crippen LogP contribution < -0.4 is 5.32 Å². The Kier molecular flexibility index (Phi) is 2.05. The van der Waals surface area contributed by atoms with Crippen molar-refractivity contribution in [3.05, 3.63) is 29.8 Å². The minimum absolute atomic E-state index is 0.162. The van der Waals surface area contributed by atoms with Crippen molar-refractivity contribution < 1.29 is 4.79 Å². The number of nitrogens with one attached hydrogen (secondary N) is 1. The summed E-state index contributed by atoms with van der Waals surface area (Å²) in [6.45, 7) is 2.84. The number of ketones is 1. The lowest BCUT2D eigenvalue weighted by molar-refractivity contribution is 0.0919. The molecule has 0 saturated heterocycles. The summed E-state index contributed by atoms with van der Waals surface area (Å²) < 4.78 is 0. The van der Waals surface area contributed by atoms with E-state index in [-0.39, 0.29) is 11.7 Å². The molecule has 0 saturated carbocycles. The van der Waals surface area contributed by atoms with Crippen molar-refractivity contribution in [3.63, 3.8) is 0 Å². The Bertz CT molecular complexity index is 333. The standard InChI is InChI=1S/C11H13NO/c1-2-8-7-12-10-6-4-3-5-9(10)11(8)13/h3-6,8,12H,2,7H2,1H3. The van der Waals surface area contributed by atoms with Crippen LogP contribution in [0.15, 0.2) is 24.3 Å². The van der Waals surface area contributed by atoms with Crippen LogP contribution in [0.2, 0.25) is 0 Å². The molecule has 1 aliphatic heterocycles. The molecular formula is C11H13NO. The molecule has 68 valence electrons. The summed E-state index contributed by atoms with van der Waals surface area (Å²) in [7, 11) is 0. The molecule has 0 spiro atoms. The van der Waals surface area contributed by atoms with Gasteiger partial charge in [0.25, 0.3) is 0 Å². The third-order valence-corrected chi connectivity index (χ3v) is 2.60. The van der Waals surface area contributed by atoms with E-state index in [4.69, 9.17) is 0 Å². The van der Waals surface area contributed by atoms with Gasteiger partial charge in [0.15, 0.2) is 5.78 Å². The Hall–Kier alpha value is -1.31. The number of hydrogen-bond acceptors (Lipinski definition) is 2. The van der Waals surface area contributed by atoms with Crippen LogP contribution in [0.4, 0.5) is 5.69 Å². The lowest BCUT2D eigenvalue weighted by atomic mass is 9.91. The van der Waals surface area contributed by atoms with Gasteiger partial charge in [-0.1, -0.05) is 19.1 Å². The number of fused-ring (bicyclic) bond motifs is 1. The lowest BCUT2D eigenvalue weighted by Gasteiger charge is -2.23. The molecule has 1 heterocycles. The highest BCUT2D eigenvalue weighted by molar-refractivity contribution is 6.04. The van der Waals surface area contributed by atoms with Gasteiger partial charge in [0.05, 0.1) is 0 Å². The zero-order valence-corrected chi connectivity index (χ0v) is 7.71. The summed E-state index contributed by atoms with van der Waals surface area (Å²) >= 11 is 0. The molecule has 0 aliphatic carbocycles. The largest absolute Gasteiger partial charge is 0.384 e. The minimum Gasteiger partial charge on any atom is -0.384 e. The molecule has 0 radical (unpaired) electrons. The van der Waals surface area contributed by atoms with Crippen LogP contribution in [0, 0.1) is 5.92 Å². The van der Waals surface area contributed by atoms with Gasteiger partial charge in [-0.2, -0.15) is 0 Å². The van der Waals surface area contributed by atoms with Crippen LogP contribution in [0.5, 0.6) is 0 Å². The van der Waals surface area contributed by atoms with Gasteiger partial charge in [0.1, 0.15) is 0 Å². The number of benzene rings is 1. The van der Waals surface area contributed by atoms with Crippen molar-refractivity contribution in [3.8, 4) is 0 Å². The number of Topliss-reactive ketones (excluding diaryl/α,β-unsaturated/α-hetero) is 1. The van der Waals surface area contributed by atoms with Crippen molar-refractivity contribution >= 4 is 11.5 Å². The number of rotatable bonds is 1. The Balaban J connectivity index is 2.39. The van der Waals surface area contributed by atoms with Gasteiger partial charge < -0.3 is 5.32 Å². The monoisotopic (exact) mass is 175 g/mol. The van der Waals surface area contributed by atoms with Gasteiger partial charge in [0.2, 0.25) is 0 Å². The molecule has 1 aliphatic rings. The van der Waals surface area contributed by atoms with Crippen molar-refractivity contribution in [2.75, 3.05) is 11.9 Å². The van der Waals surface area contributed by atoms with Gasteiger partial charge in [-0.15, -0.1) is 0 Å². The average Bonchev–Trinajstić information content (AvgIpc) is 2.19. The topological polar surface area (TPSA) is 29.1 Å². The summed E-state index contributed by atoms with van der Waals surface area (Å²) in [5, 5.41) is 3.27. The molecular weight excluding hydrogens is 162 g/mol. The van der Waals surface area contributed by atoms with Crippen LogP contribution >= 0.6 is 0 Å². The Labute approximate surface area is 78.0 Å². The predicted octanol–water partition coefficient (Wildman–Crippen LogP) is 2.32. The lowest BCUT2D eigenvalue weighted by Crippen LogP contribution is -2.28. The fourth-order valence-corrected chi connectivity index (χ4v) is 1.73. The fraction of sp³-hybridized carbons (Fsp3) is 0.364. The summed E-state index contributed by atoms with van der Waals surface area (Å²) in [5.41, 5.74) is 1.83. The molecule has 1 aromatic rings. The average molecular weight is 175 g/mol.